The lowest BCUT2D eigenvalue weighted by atomic mass is 9.46. The number of hydrogen-bond donors (Lipinski definition) is 2. The van der Waals surface area contributed by atoms with E-state index in [1.165, 1.54) is 11.1 Å². The average molecular weight is 433 g/mol. The Morgan fingerprint density at radius 2 is 1.91 bits per heavy atom. The van der Waals surface area contributed by atoms with Gasteiger partial charge in [-0.05, 0) is 85.3 Å². The fraction of sp³-hybridized carbons (Fsp3) is 0.552. The molecular formula is C29H36O3. The molecule has 0 unspecified atom stereocenters. The van der Waals surface area contributed by atoms with Gasteiger partial charge in [0, 0.05) is 11.8 Å². The zero-order valence-electron chi connectivity index (χ0n) is 19.2. The number of ketones is 1. The van der Waals surface area contributed by atoms with E-state index in [-0.39, 0.29) is 12.0 Å². The zero-order chi connectivity index (χ0) is 22.5. The Kier molecular flexibility index (Phi) is 5.54. The second-order valence-corrected chi connectivity index (χ2v) is 10.9. The molecule has 2 N–H and O–H groups in total. The van der Waals surface area contributed by atoms with Crippen molar-refractivity contribution in [3.8, 4) is 0 Å². The van der Waals surface area contributed by atoms with Gasteiger partial charge in [0.2, 0.25) is 0 Å². The van der Waals surface area contributed by atoms with Crippen LogP contribution in [0.25, 0.3) is 6.08 Å². The van der Waals surface area contributed by atoms with E-state index in [0.717, 1.165) is 44.1 Å². The molecular weight excluding hydrogens is 396 g/mol. The first-order valence-corrected chi connectivity index (χ1v) is 12.4. The summed E-state index contributed by atoms with van der Waals surface area (Å²) < 4.78 is 0. The molecule has 0 heterocycles. The number of aliphatic hydroxyl groups is 2. The van der Waals surface area contributed by atoms with Gasteiger partial charge in [-0.1, -0.05) is 61.6 Å². The van der Waals surface area contributed by atoms with Crippen LogP contribution in [0.15, 0.2) is 54.6 Å². The summed E-state index contributed by atoms with van der Waals surface area (Å²) in [6.07, 6.45) is 14.0. The van der Waals surface area contributed by atoms with Crippen LogP contribution < -0.4 is 0 Å². The molecule has 0 aromatic heterocycles. The van der Waals surface area contributed by atoms with Crippen LogP contribution >= 0.6 is 0 Å². The van der Waals surface area contributed by atoms with Crippen molar-refractivity contribution >= 4 is 11.9 Å². The Morgan fingerprint density at radius 1 is 1.12 bits per heavy atom. The first kappa shape index (κ1) is 21.9. The Hall–Kier alpha value is -1.97. The molecule has 0 bridgehead atoms. The Balaban J connectivity index is 1.60. The van der Waals surface area contributed by atoms with Crippen LogP contribution in [-0.2, 0) is 4.79 Å². The highest BCUT2D eigenvalue weighted by Crippen LogP contribution is 2.68. The van der Waals surface area contributed by atoms with Gasteiger partial charge in [-0.2, -0.15) is 0 Å². The molecule has 0 amide bonds. The predicted molar refractivity (Wildman–Crippen MR) is 128 cm³/mol. The minimum Gasteiger partial charge on any atom is -0.392 e. The summed E-state index contributed by atoms with van der Waals surface area (Å²) in [6, 6.07) is 8.82. The number of aliphatic hydroxyl groups excluding tert-OH is 1. The van der Waals surface area contributed by atoms with E-state index >= 15 is 0 Å². The molecule has 4 aliphatic carbocycles. The number of carbonyl (C=O) groups is 1. The molecule has 5 rings (SSSR count). The number of allylic oxidation sites excluding steroid dienone is 1. The normalized spacial score (nSPS) is 41.0. The minimum absolute atomic E-state index is 0.0359. The van der Waals surface area contributed by atoms with Crippen molar-refractivity contribution in [2.24, 2.45) is 29.1 Å². The summed E-state index contributed by atoms with van der Waals surface area (Å²) in [7, 11) is 0. The molecule has 3 saturated carbocycles. The second-order valence-electron chi connectivity index (χ2n) is 10.9. The van der Waals surface area contributed by atoms with Gasteiger partial charge >= 0.3 is 0 Å². The molecule has 1 aromatic carbocycles. The van der Waals surface area contributed by atoms with E-state index in [0.29, 0.717) is 41.8 Å². The monoisotopic (exact) mass is 432 g/mol. The molecule has 0 spiro atoms. The Labute approximate surface area is 191 Å². The predicted octanol–water partition coefficient (Wildman–Crippen LogP) is 5.44. The number of carbonyl (C=O) groups excluding carboxylic acids is 1. The molecule has 3 fully saturated rings. The van der Waals surface area contributed by atoms with E-state index in [9.17, 15) is 15.0 Å². The van der Waals surface area contributed by atoms with Crippen molar-refractivity contribution in [3.63, 3.8) is 0 Å². The lowest BCUT2D eigenvalue weighted by Gasteiger charge is -2.58. The summed E-state index contributed by atoms with van der Waals surface area (Å²) in [5.74, 6) is 2.70. The van der Waals surface area contributed by atoms with Crippen molar-refractivity contribution in [3.05, 3.63) is 65.8 Å². The fourth-order valence-electron chi connectivity index (χ4n) is 8.09. The standard InChI is InChI=1S/C29H36O3/c1-3-19-5-7-20(8-6-19)25-18-28(2)26(13-15-29(28,32)14-4-16-30)24-11-9-21-17-22(31)10-12-23(21)27(24)25/h3-8,14,17,23-27,30,32H,1,9-13,15-16,18H2,2H3/b14-4-/t23-,24-,25+,26-,27+,28-,29-/m0/s1. The van der Waals surface area contributed by atoms with Crippen molar-refractivity contribution in [1.82, 2.24) is 0 Å². The van der Waals surface area contributed by atoms with E-state index in [1.807, 2.05) is 18.2 Å². The van der Waals surface area contributed by atoms with E-state index < -0.39 is 5.60 Å². The number of benzene rings is 1. The molecule has 1 aromatic rings. The number of hydrogen-bond acceptors (Lipinski definition) is 3. The molecule has 3 heteroatoms. The average Bonchev–Trinajstić information content (AvgIpc) is 3.07. The number of fused-ring (bicyclic) bond motifs is 5. The summed E-state index contributed by atoms with van der Waals surface area (Å²) in [5, 5.41) is 21.2. The maximum Gasteiger partial charge on any atom is 0.155 e. The molecule has 4 aliphatic rings. The van der Waals surface area contributed by atoms with Crippen LogP contribution in [-0.4, -0.2) is 28.2 Å². The van der Waals surface area contributed by atoms with Gasteiger partial charge in [0.15, 0.2) is 5.78 Å². The van der Waals surface area contributed by atoms with Crippen molar-refractivity contribution in [1.29, 1.82) is 0 Å². The third kappa shape index (κ3) is 3.28. The maximum atomic E-state index is 12.2. The van der Waals surface area contributed by atoms with Gasteiger partial charge in [-0.3, -0.25) is 4.79 Å². The lowest BCUT2D eigenvalue weighted by molar-refractivity contribution is -0.117. The van der Waals surface area contributed by atoms with Crippen molar-refractivity contribution < 1.29 is 15.0 Å². The van der Waals surface area contributed by atoms with Crippen LogP contribution in [0.1, 0.15) is 68.9 Å². The maximum absolute atomic E-state index is 12.2. The van der Waals surface area contributed by atoms with Gasteiger partial charge in [-0.15, -0.1) is 0 Å². The number of rotatable bonds is 4. The third-order valence-corrected chi connectivity index (χ3v) is 9.62. The largest absolute Gasteiger partial charge is 0.392 e. The van der Waals surface area contributed by atoms with Crippen LogP contribution in [0.4, 0.5) is 0 Å². The minimum atomic E-state index is -0.872. The van der Waals surface area contributed by atoms with Crippen LogP contribution in [0.2, 0.25) is 0 Å². The zero-order valence-corrected chi connectivity index (χ0v) is 19.2. The van der Waals surface area contributed by atoms with Gasteiger partial charge in [-0.25, -0.2) is 0 Å². The molecule has 170 valence electrons. The molecule has 0 radical (unpaired) electrons. The Morgan fingerprint density at radius 3 is 2.62 bits per heavy atom. The quantitative estimate of drug-likeness (QED) is 0.623. The Bertz CT molecular complexity index is 957. The molecule has 3 nitrogen and oxygen atoms in total. The van der Waals surface area contributed by atoms with Gasteiger partial charge in [0.05, 0.1) is 12.2 Å². The van der Waals surface area contributed by atoms with E-state index in [2.05, 4.69) is 37.8 Å². The first-order chi connectivity index (χ1) is 15.4. The summed E-state index contributed by atoms with van der Waals surface area (Å²) in [5.41, 5.74) is 2.77. The first-order valence-electron chi connectivity index (χ1n) is 12.4. The van der Waals surface area contributed by atoms with Gasteiger partial charge in [0.25, 0.3) is 0 Å². The summed E-state index contributed by atoms with van der Waals surface area (Å²) in [6.45, 7) is 6.16. The van der Waals surface area contributed by atoms with E-state index in [4.69, 9.17) is 0 Å². The van der Waals surface area contributed by atoms with Gasteiger partial charge < -0.3 is 10.2 Å². The van der Waals surface area contributed by atoms with Crippen LogP contribution in [0.5, 0.6) is 0 Å². The van der Waals surface area contributed by atoms with Crippen molar-refractivity contribution in [2.75, 3.05) is 6.61 Å². The highest BCUT2D eigenvalue weighted by Gasteiger charge is 2.63. The lowest BCUT2D eigenvalue weighted by Crippen LogP contribution is -2.54. The summed E-state index contributed by atoms with van der Waals surface area (Å²) in [4.78, 5) is 12.2. The summed E-state index contributed by atoms with van der Waals surface area (Å²) >= 11 is 0. The van der Waals surface area contributed by atoms with Crippen LogP contribution in [0.3, 0.4) is 0 Å². The smallest absolute Gasteiger partial charge is 0.155 e. The topological polar surface area (TPSA) is 57.5 Å². The van der Waals surface area contributed by atoms with Crippen LogP contribution in [0, 0.1) is 29.1 Å². The second kappa shape index (κ2) is 8.11. The van der Waals surface area contributed by atoms with E-state index in [1.54, 1.807) is 6.08 Å². The van der Waals surface area contributed by atoms with Gasteiger partial charge in [0.1, 0.15) is 0 Å². The SMILES string of the molecule is C=Cc1ccc([C@H]2C[C@@]3(C)[C@@H](CC[C@@]3(O)/C=C\CO)[C@@H]3CCC4=CC(=O)CC[C@@H]4[C@H]32)cc1. The molecule has 0 saturated heterocycles. The fourth-order valence-corrected chi connectivity index (χ4v) is 8.09. The third-order valence-electron chi connectivity index (χ3n) is 9.62. The molecule has 32 heavy (non-hydrogen) atoms. The van der Waals surface area contributed by atoms with Crippen molar-refractivity contribution in [2.45, 2.75) is 63.4 Å². The highest BCUT2D eigenvalue weighted by atomic mass is 16.3. The molecule has 7 atom stereocenters. The molecule has 0 aliphatic heterocycles. The highest BCUT2D eigenvalue weighted by molar-refractivity contribution is 5.91.